The lowest BCUT2D eigenvalue weighted by atomic mass is 10.1. The molecule has 1 aliphatic rings. The summed E-state index contributed by atoms with van der Waals surface area (Å²) in [4.78, 5) is 21.6. The molecule has 1 heterocycles. The zero-order valence-electron chi connectivity index (χ0n) is 8.90. The molecule has 16 heavy (non-hydrogen) atoms. The Kier molecular flexibility index (Phi) is 5.00. The molecule has 0 aromatic heterocycles. The van der Waals surface area contributed by atoms with Crippen molar-refractivity contribution in [1.82, 2.24) is 16.0 Å². The van der Waals surface area contributed by atoms with E-state index in [0.717, 1.165) is 25.9 Å². The first-order chi connectivity index (χ1) is 7.59. The Labute approximate surface area is 93.2 Å². The van der Waals surface area contributed by atoms with Gasteiger partial charge in [-0.25, -0.2) is 9.59 Å². The predicted octanol–water partition coefficient (Wildman–Crippen LogP) is -1.52. The second-order valence-corrected chi connectivity index (χ2v) is 3.73. The lowest BCUT2D eigenvalue weighted by Crippen LogP contribution is -2.48. The topological polar surface area (TPSA) is 111 Å². The zero-order chi connectivity index (χ0) is 12.0. The van der Waals surface area contributed by atoms with Crippen LogP contribution in [0, 0.1) is 0 Å². The van der Waals surface area contributed by atoms with Gasteiger partial charge in [0.15, 0.2) is 6.10 Å². The molecule has 0 spiro atoms. The van der Waals surface area contributed by atoms with E-state index in [4.69, 9.17) is 10.2 Å². The maximum Gasteiger partial charge on any atom is 0.334 e. The highest BCUT2D eigenvalue weighted by molar-refractivity contribution is 5.76. The molecule has 1 atom stereocenters. The summed E-state index contributed by atoms with van der Waals surface area (Å²) in [5.74, 6) is -1.35. The first-order valence-electron chi connectivity index (χ1n) is 5.25. The first kappa shape index (κ1) is 12.7. The van der Waals surface area contributed by atoms with Crippen molar-refractivity contribution in [2.45, 2.75) is 25.0 Å². The Morgan fingerprint density at radius 1 is 1.38 bits per heavy atom. The van der Waals surface area contributed by atoms with Gasteiger partial charge in [-0.3, -0.25) is 0 Å². The minimum atomic E-state index is -1.56. The molecular weight excluding hydrogens is 214 g/mol. The second kappa shape index (κ2) is 6.29. The Balaban J connectivity index is 2.17. The van der Waals surface area contributed by atoms with Crippen molar-refractivity contribution in [2.24, 2.45) is 0 Å². The number of aliphatic carboxylic acids is 1. The largest absolute Gasteiger partial charge is 0.479 e. The van der Waals surface area contributed by atoms with E-state index in [1.165, 1.54) is 0 Å². The molecule has 0 bridgehead atoms. The number of hydrogen-bond donors (Lipinski definition) is 5. The van der Waals surface area contributed by atoms with Crippen LogP contribution in [-0.4, -0.2) is 54.0 Å². The number of piperidine rings is 1. The van der Waals surface area contributed by atoms with Gasteiger partial charge in [0, 0.05) is 6.04 Å². The van der Waals surface area contributed by atoms with Crippen LogP contribution in [0.5, 0.6) is 0 Å². The third kappa shape index (κ3) is 4.45. The minimum absolute atomic E-state index is 0.114. The van der Waals surface area contributed by atoms with Gasteiger partial charge in [0.25, 0.3) is 0 Å². The van der Waals surface area contributed by atoms with Gasteiger partial charge in [0.2, 0.25) is 0 Å². The first-order valence-corrected chi connectivity index (χ1v) is 5.25. The SMILES string of the molecule is O=C(NCC(O)C(=O)O)NC1CCNCC1. The van der Waals surface area contributed by atoms with Crippen molar-refractivity contribution >= 4 is 12.0 Å². The fourth-order valence-corrected chi connectivity index (χ4v) is 1.48. The summed E-state index contributed by atoms with van der Waals surface area (Å²) >= 11 is 0. The van der Waals surface area contributed by atoms with E-state index in [-0.39, 0.29) is 12.6 Å². The lowest BCUT2D eigenvalue weighted by Gasteiger charge is -2.23. The molecule has 0 saturated carbocycles. The number of urea groups is 1. The molecule has 1 rings (SSSR count). The molecule has 1 aliphatic heterocycles. The summed E-state index contributed by atoms with van der Waals surface area (Å²) < 4.78 is 0. The van der Waals surface area contributed by atoms with Crippen molar-refractivity contribution in [2.75, 3.05) is 19.6 Å². The lowest BCUT2D eigenvalue weighted by molar-refractivity contribution is -0.146. The standard InChI is InChI=1S/C9H17N3O4/c13-7(8(14)15)5-11-9(16)12-6-1-3-10-4-2-6/h6-7,10,13H,1-5H2,(H,14,15)(H2,11,12,16). The number of aliphatic hydroxyl groups excluding tert-OH is 1. The highest BCUT2D eigenvalue weighted by atomic mass is 16.4. The van der Waals surface area contributed by atoms with Crippen LogP contribution in [0.15, 0.2) is 0 Å². The third-order valence-electron chi connectivity index (χ3n) is 2.42. The molecule has 7 nitrogen and oxygen atoms in total. The van der Waals surface area contributed by atoms with Crippen molar-refractivity contribution in [1.29, 1.82) is 0 Å². The number of carboxylic acid groups (broad SMARTS) is 1. The van der Waals surface area contributed by atoms with Gasteiger partial charge in [0.1, 0.15) is 0 Å². The van der Waals surface area contributed by atoms with Crippen molar-refractivity contribution in [3.05, 3.63) is 0 Å². The molecule has 7 heteroatoms. The molecule has 0 aliphatic carbocycles. The van der Waals surface area contributed by atoms with Crippen molar-refractivity contribution in [3.63, 3.8) is 0 Å². The Bertz CT molecular complexity index is 253. The molecule has 0 radical (unpaired) electrons. The van der Waals surface area contributed by atoms with Crippen molar-refractivity contribution in [3.8, 4) is 0 Å². The Hall–Kier alpha value is -1.34. The number of nitrogens with one attached hydrogen (secondary N) is 3. The molecule has 1 unspecified atom stereocenters. The van der Waals surface area contributed by atoms with Gasteiger partial charge in [-0.05, 0) is 25.9 Å². The maximum atomic E-state index is 11.3. The Morgan fingerprint density at radius 3 is 2.56 bits per heavy atom. The summed E-state index contributed by atoms with van der Waals surface area (Å²) in [6.07, 6.45) is 0.155. The number of carbonyl (C=O) groups excluding carboxylic acids is 1. The molecular formula is C9H17N3O4. The van der Waals surface area contributed by atoms with E-state index < -0.39 is 18.1 Å². The number of carboxylic acids is 1. The van der Waals surface area contributed by atoms with Crippen LogP contribution >= 0.6 is 0 Å². The number of aliphatic hydroxyl groups is 1. The van der Waals surface area contributed by atoms with E-state index in [1.54, 1.807) is 0 Å². The van der Waals surface area contributed by atoms with Gasteiger partial charge >= 0.3 is 12.0 Å². The number of rotatable bonds is 4. The summed E-state index contributed by atoms with van der Waals surface area (Å²) in [6, 6.07) is -0.324. The molecule has 1 saturated heterocycles. The average molecular weight is 231 g/mol. The highest BCUT2D eigenvalue weighted by Gasteiger charge is 2.17. The normalized spacial score (nSPS) is 18.8. The number of carbonyl (C=O) groups is 2. The molecule has 0 aromatic rings. The average Bonchev–Trinajstić information content (AvgIpc) is 2.27. The zero-order valence-corrected chi connectivity index (χ0v) is 8.90. The van der Waals surface area contributed by atoms with Gasteiger partial charge in [-0.2, -0.15) is 0 Å². The molecule has 1 fully saturated rings. The monoisotopic (exact) mass is 231 g/mol. The number of hydrogen-bond acceptors (Lipinski definition) is 4. The van der Waals surface area contributed by atoms with Crippen LogP contribution in [0.25, 0.3) is 0 Å². The van der Waals surface area contributed by atoms with E-state index in [0.29, 0.717) is 0 Å². The maximum absolute atomic E-state index is 11.3. The van der Waals surface area contributed by atoms with E-state index >= 15 is 0 Å². The smallest absolute Gasteiger partial charge is 0.334 e. The fourth-order valence-electron chi connectivity index (χ4n) is 1.48. The van der Waals surface area contributed by atoms with E-state index in [9.17, 15) is 9.59 Å². The molecule has 0 aromatic carbocycles. The summed E-state index contributed by atoms with van der Waals surface area (Å²) in [7, 11) is 0. The van der Waals surface area contributed by atoms with Crippen LogP contribution in [-0.2, 0) is 4.79 Å². The quantitative estimate of drug-likeness (QED) is 0.404. The third-order valence-corrected chi connectivity index (χ3v) is 2.42. The van der Waals surface area contributed by atoms with Crippen LogP contribution in [0.1, 0.15) is 12.8 Å². The van der Waals surface area contributed by atoms with Crippen molar-refractivity contribution < 1.29 is 19.8 Å². The van der Waals surface area contributed by atoms with Crippen LogP contribution in [0.3, 0.4) is 0 Å². The van der Waals surface area contributed by atoms with Gasteiger partial charge in [0.05, 0.1) is 6.54 Å². The van der Waals surface area contributed by atoms with Crippen LogP contribution < -0.4 is 16.0 Å². The summed E-state index contributed by atoms with van der Waals surface area (Å²) in [5.41, 5.74) is 0. The summed E-state index contributed by atoms with van der Waals surface area (Å²) in [6.45, 7) is 1.44. The predicted molar refractivity (Wildman–Crippen MR) is 56.1 cm³/mol. The molecule has 2 amide bonds. The highest BCUT2D eigenvalue weighted by Crippen LogP contribution is 2.01. The number of amides is 2. The molecule has 5 N–H and O–H groups in total. The second-order valence-electron chi connectivity index (χ2n) is 3.73. The Morgan fingerprint density at radius 2 is 2.00 bits per heavy atom. The van der Waals surface area contributed by atoms with E-state index in [1.807, 2.05) is 0 Å². The van der Waals surface area contributed by atoms with Crippen LogP contribution in [0.4, 0.5) is 4.79 Å². The van der Waals surface area contributed by atoms with E-state index in [2.05, 4.69) is 16.0 Å². The van der Waals surface area contributed by atoms with Crippen LogP contribution in [0.2, 0.25) is 0 Å². The van der Waals surface area contributed by atoms with Gasteiger partial charge < -0.3 is 26.2 Å². The van der Waals surface area contributed by atoms with Gasteiger partial charge in [-0.1, -0.05) is 0 Å². The fraction of sp³-hybridized carbons (Fsp3) is 0.778. The summed E-state index contributed by atoms with van der Waals surface area (Å²) in [5, 5.41) is 25.5. The van der Waals surface area contributed by atoms with Gasteiger partial charge in [-0.15, -0.1) is 0 Å². The minimum Gasteiger partial charge on any atom is -0.479 e. The molecule has 92 valence electrons.